The molecule has 0 aromatic heterocycles. The maximum absolute atomic E-state index is 12.4. The molecule has 20 heavy (non-hydrogen) atoms. The zero-order valence-electron chi connectivity index (χ0n) is 12.3. The van der Waals surface area contributed by atoms with Gasteiger partial charge in [0.25, 0.3) is 0 Å². The molecule has 3 heteroatoms. The maximum atomic E-state index is 12.4. The molecule has 0 radical (unpaired) electrons. The van der Waals surface area contributed by atoms with E-state index in [1.807, 2.05) is 31.2 Å². The number of hydrogen-bond donors (Lipinski definition) is 0. The van der Waals surface area contributed by atoms with Crippen LogP contribution in [0.5, 0.6) is 0 Å². The van der Waals surface area contributed by atoms with E-state index in [1.165, 1.54) is 0 Å². The number of Topliss-reactive ketones (excluding diaryl/α,β-unsaturated/α-hetero) is 1. The summed E-state index contributed by atoms with van der Waals surface area (Å²) in [4.78, 5) is 24.8. The highest BCUT2D eigenvalue weighted by atomic mass is 16.5. The molecule has 1 atom stereocenters. The van der Waals surface area contributed by atoms with Gasteiger partial charge >= 0.3 is 5.97 Å². The summed E-state index contributed by atoms with van der Waals surface area (Å²) in [5.41, 5.74) is 1.22. The lowest BCUT2D eigenvalue weighted by Crippen LogP contribution is -2.44. The standard InChI is InChI=1S/C17H22O3/c1-3-20-16(19)17(10-5-4-9-15(17)18)12-14-8-6-7-13(2)11-14/h6-8,11H,3-5,9-10,12H2,1-2H3. The number of ether oxygens (including phenoxy) is 1. The van der Waals surface area contributed by atoms with Crippen molar-refractivity contribution in [1.82, 2.24) is 0 Å². The highest BCUT2D eigenvalue weighted by molar-refractivity contribution is 6.04. The fourth-order valence-electron chi connectivity index (χ4n) is 3.01. The number of benzene rings is 1. The molecule has 1 saturated carbocycles. The molecule has 0 spiro atoms. The van der Waals surface area contributed by atoms with Crippen LogP contribution in [-0.4, -0.2) is 18.4 Å². The number of ketones is 1. The predicted molar refractivity (Wildman–Crippen MR) is 77.4 cm³/mol. The third-order valence-electron chi connectivity index (χ3n) is 4.05. The number of aryl methyl sites for hydroxylation is 1. The van der Waals surface area contributed by atoms with E-state index in [1.54, 1.807) is 6.92 Å². The van der Waals surface area contributed by atoms with Gasteiger partial charge in [0.15, 0.2) is 5.78 Å². The van der Waals surface area contributed by atoms with Crippen LogP contribution in [0.3, 0.4) is 0 Å². The predicted octanol–water partition coefficient (Wildman–Crippen LogP) is 3.23. The second kappa shape index (κ2) is 6.21. The van der Waals surface area contributed by atoms with Crippen LogP contribution in [0.4, 0.5) is 0 Å². The van der Waals surface area contributed by atoms with E-state index in [-0.39, 0.29) is 11.8 Å². The highest BCUT2D eigenvalue weighted by Gasteiger charge is 2.47. The van der Waals surface area contributed by atoms with Crippen molar-refractivity contribution < 1.29 is 14.3 Å². The van der Waals surface area contributed by atoms with Crippen LogP contribution in [0.1, 0.15) is 43.7 Å². The van der Waals surface area contributed by atoms with Gasteiger partial charge in [-0.3, -0.25) is 9.59 Å². The fraction of sp³-hybridized carbons (Fsp3) is 0.529. The Morgan fingerprint density at radius 2 is 2.15 bits per heavy atom. The molecule has 0 heterocycles. The van der Waals surface area contributed by atoms with Crippen LogP contribution >= 0.6 is 0 Å². The Bertz CT molecular complexity index is 507. The number of rotatable bonds is 4. The lowest BCUT2D eigenvalue weighted by molar-refractivity contribution is -0.162. The van der Waals surface area contributed by atoms with Crippen molar-refractivity contribution in [1.29, 1.82) is 0 Å². The summed E-state index contributed by atoms with van der Waals surface area (Å²) in [6.07, 6.45) is 3.36. The van der Waals surface area contributed by atoms with Gasteiger partial charge in [-0.2, -0.15) is 0 Å². The van der Waals surface area contributed by atoms with Gasteiger partial charge in [-0.25, -0.2) is 0 Å². The minimum Gasteiger partial charge on any atom is -0.465 e. The Morgan fingerprint density at radius 1 is 1.35 bits per heavy atom. The molecule has 0 saturated heterocycles. The third kappa shape index (κ3) is 2.92. The van der Waals surface area contributed by atoms with Crippen molar-refractivity contribution in [3.8, 4) is 0 Å². The molecule has 108 valence electrons. The van der Waals surface area contributed by atoms with Gasteiger partial charge in [-0.1, -0.05) is 36.2 Å². The summed E-state index contributed by atoms with van der Waals surface area (Å²) in [6, 6.07) is 8.01. The Balaban J connectivity index is 2.31. The van der Waals surface area contributed by atoms with E-state index in [0.29, 0.717) is 25.9 Å². The first-order chi connectivity index (χ1) is 9.58. The smallest absolute Gasteiger partial charge is 0.319 e. The monoisotopic (exact) mass is 274 g/mol. The van der Waals surface area contributed by atoms with Gasteiger partial charge in [-0.15, -0.1) is 0 Å². The van der Waals surface area contributed by atoms with Crippen molar-refractivity contribution in [2.45, 2.75) is 46.0 Å². The number of esters is 1. The summed E-state index contributed by atoms with van der Waals surface area (Å²) in [7, 11) is 0. The summed E-state index contributed by atoms with van der Waals surface area (Å²) >= 11 is 0. The van der Waals surface area contributed by atoms with E-state index in [4.69, 9.17) is 4.74 Å². The number of hydrogen-bond acceptors (Lipinski definition) is 3. The fourth-order valence-corrected chi connectivity index (χ4v) is 3.01. The molecule has 0 amide bonds. The molecule has 1 fully saturated rings. The molecule has 1 aromatic carbocycles. The van der Waals surface area contributed by atoms with Crippen molar-refractivity contribution in [3.05, 3.63) is 35.4 Å². The average molecular weight is 274 g/mol. The lowest BCUT2D eigenvalue weighted by Gasteiger charge is -2.33. The van der Waals surface area contributed by atoms with Crippen LogP contribution < -0.4 is 0 Å². The molecular weight excluding hydrogens is 252 g/mol. The van der Waals surface area contributed by atoms with Gasteiger partial charge in [0, 0.05) is 6.42 Å². The van der Waals surface area contributed by atoms with Crippen LogP contribution in [-0.2, 0) is 20.7 Å². The van der Waals surface area contributed by atoms with Crippen molar-refractivity contribution in [2.75, 3.05) is 6.61 Å². The van der Waals surface area contributed by atoms with Crippen LogP contribution in [0, 0.1) is 12.3 Å². The van der Waals surface area contributed by atoms with Crippen LogP contribution in [0.25, 0.3) is 0 Å². The van der Waals surface area contributed by atoms with Crippen molar-refractivity contribution >= 4 is 11.8 Å². The Morgan fingerprint density at radius 3 is 2.80 bits per heavy atom. The SMILES string of the molecule is CCOC(=O)C1(Cc2cccc(C)c2)CCCCC1=O. The zero-order chi connectivity index (χ0) is 14.6. The highest BCUT2D eigenvalue weighted by Crippen LogP contribution is 2.38. The average Bonchev–Trinajstić information content (AvgIpc) is 2.42. The number of carbonyl (C=O) groups excluding carboxylic acids is 2. The largest absolute Gasteiger partial charge is 0.465 e. The summed E-state index contributed by atoms with van der Waals surface area (Å²) in [6.45, 7) is 4.12. The first kappa shape index (κ1) is 14.8. The second-order valence-corrected chi connectivity index (χ2v) is 5.60. The molecule has 2 rings (SSSR count). The lowest BCUT2D eigenvalue weighted by atomic mass is 9.69. The van der Waals surface area contributed by atoms with Gasteiger partial charge in [0.1, 0.15) is 5.41 Å². The molecule has 1 unspecified atom stereocenters. The quantitative estimate of drug-likeness (QED) is 0.625. The molecule has 3 nitrogen and oxygen atoms in total. The van der Waals surface area contributed by atoms with Crippen LogP contribution in [0.2, 0.25) is 0 Å². The maximum Gasteiger partial charge on any atom is 0.319 e. The van der Waals surface area contributed by atoms with Crippen molar-refractivity contribution in [2.24, 2.45) is 5.41 Å². The summed E-state index contributed by atoms with van der Waals surface area (Å²) in [5.74, 6) is -0.296. The zero-order valence-corrected chi connectivity index (χ0v) is 12.3. The van der Waals surface area contributed by atoms with Crippen molar-refractivity contribution in [3.63, 3.8) is 0 Å². The number of carbonyl (C=O) groups is 2. The minimum atomic E-state index is -0.956. The van der Waals surface area contributed by atoms with E-state index in [2.05, 4.69) is 0 Å². The molecule has 1 aliphatic carbocycles. The molecule has 0 N–H and O–H groups in total. The normalized spacial score (nSPS) is 22.6. The molecular formula is C17H22O3. The first-order valence-electron chi connectivity index (χ1n) is 7.34. The van der Waals surface area contributed by atoms with E-state index in [9.17, 15) is 9.59 Å². The van der Waals surface area contributed by atoms with Gasteiger partial charge < -0.3 is 4.74 Å². The van der Waals surface area contributed by atoms with E-state index >= 15 is 0 Å². The molecule has 1 aliphatic rings. The van der Waals surface area contributed by atoms with Crippen LogP contribution in [0.15, 0.2) is 24.3 Å². The topological polar surface area (TPSA) is 43.4 Å². The Labute approximate surface area is 120 Å². The van der Waals surface area contributed by atoms with E-state index < -0.39 is 5.41 Å². The Kier molecular flexibility index (Phi) is 4.58. The first-order valence-corrected chi connectivity index (χ1v) is 7.34. The third-order valence-corrected chi connectivity index (χ3v) is 4.05. The minimum absolute atomic E-state index is 0.0451. The molecule has 1 aromatic rings. The van der Waals surface area contributed by atoms with Gasteiger partial charge in [-0.05, 0) is 38.7 Å². The molecule has 0 bridgehead atoms. The summed E-state index contributed by atoms with van der Waals surface area (Å²) < 4.78 is 5.20. The summed E-state index contributed by atoms with van der Waals surface area (Å²) in [5, 5.41) is 0. The second-order valence-electron chi connectivity index (χ2n) is 5.60. The van der Waals surface area contributed by atoms with Gasteiger partial charge in [0.2, 0.25) is 0 Å². The Hall–Kier alpha value is -1.64. The van der Waals surface area contributed by atoms with E-state index in [0.717, 1.165) is 24.0 Å². The van der Waals surface area contributed by atoms with Gasteiger partial charge in [0.05, 0.1) is 6.61 Å². The molecule has 0 aliphatic heterocycles.